The highest BCUT2D eigenvalue weighted by molar-refractivity contribution is 7.85. The van der Waals surface area contributed by atoms with Gasteiger partial charge in [-0.15, -0.1) is 0 Å². The van der Waals surface area contributed by atoms with Crippen molar-refractivity contribution in [1.29, 1.82) is 0 Å². The monoisotopic (exact) mass is 865 g/mol. The smallest absolute Gasteiger partial charge is 0.169 e. The minimum atomic E-state index is -4.17. The molecule has 62 heavy (non-hydrogen) atoms. The van der Waals surface area contributed by atoms with Gasteiger partial charge in [-0.3, -0.25) is 0 Å². The molecule has 5 nitrogen and oxygen atoms in total. The molecule has 2 aromatic carbocycles. The van der Waals surface area contributed by atoms with Crippen molar-refractivity contribution in [3.63, 3.8) is 0 Å². The summed E-state index contributed by atoms with van der Waals surface area (Å²) in [4.78, 5) is 2.65. The van der Waals surface area contributed by atoms with E-state index >= 15 is 0 Å². The Hall–Kier alpha value is -3.74. The van der Waals surface area contributed by atoms with Crippen LogP contribution in [0.2, 0.25) is 0 Å². The minimum Gasteiger partial charge on any atom is -0.748 e. The summed E-state index contributed by atoms with van der Waals surface area (Å²) in [6, 6.07) is 17.7. The van der Waals surface area contributed by atoms with Gasteiger partial charge in [-0.05, 0) is 117 Å². The van der Waals surface area contributed by atoms with Crippen LogP contribution in [-0.4, -0.2) is 31.8 Å². The fourth-order valence-corrected chi connectivity index (χ4v) is 8.33. The minimum absolute atomic E-state index is 0.315. The Kier molecular flexibility index (Phi) is 29.4. The molecule has 6 heteroatoms. The summed E-state index contributed by atoms with van der Waals surface area (Å²) in [5, 5.41) is 2.53. The zero-order valence-electron chi connectivity index (χ0n) is 39.1. The van der Waals surface area contributed by atoms with E-state index in [9.17, 15) is 13.0 Å². The van der Waals surface area contributed by atoms with Crippen molar-refractivity contribution in [3.8, 4) is 0 Å². The molecule has 0 aliphatic carbocycles. The summed E-state index contributed by atoms with van der Waals surface area (Å²) in [6.45, 7) is 7.27. The Balaban J connectivity index is 1.45. The number of aromatic nitrogens is 1. The largest absolute Gasteiger partial charge is 0.748 e. The van der Waals surface area contributed by atoms with E-state index in [0.717, 1.165) is 37.1 Å². The van der Waals surface area contributed by atoms with Crippen molar-refractivity contribution < 1.29 is 17.5 Å². The molecule has 0 aliphatic rings. The zero-order valence-corrected chi connectivity index (χ0v) is 39.9. The van der Waals surface area contributed by atoms with Gasteiger partial charge in [0.25, 0.3) is 0 Å². The molecule has 0 radical (unpaired) electrons. The third kappa shape index (κ3) is 26.7. The predicted molar refractivity (Wildman–Crippen MR) is 270 cm³/mol. The molecule has 0 saturated heterocycles. The number of hydrogen-bond acceptors (Lipinski definition) is 4. The van der Waals surface area contributed by atoms with Crippen molar-refractivity contribution in [3.05, 3.63) is 121 Å². The molecular formula is C56H84N2O3S. The third-order valence-electron chi connectivity index (χ3n) is 11.7. The van der Waals surface area contributed by atoms with Crippen molar-refractivity contribution in [1.82, 2.24) is 0 Å². The number of anilines is 1. The van der Waals surface area contributed by atoms with E-state index in [1.54, 1.807) is 0 Å². The van der Waals surface area contributed by atoms with Crippen molar-refractivity contribution >= 4 is 38.7 Å². The average Bonchev–Trinajstić information content (AvgIpc) is 3.27. The highest BCUT2D eigenvalue weighted by atomic mass is 32.2. The van der Waals surface area contributed by atoms with E-state index < -0.39 is 10.1 Å². The molecule has 0 aliphatic heterocycles. The molecule has 0 saturated carbocycles. The maximum absolute atomic E-state index is 10.9. The van der Waals surface area contributed by atoms with Crippen molar-refractivity contribution in [2.45, 2.75) is 181 Å². The standard InChI is InChI=1S/C56H84N2O3S/c1-3-5-7-9-11-13-15-17-19-21-23-25-27-29-31-33-45-58(46-34-32-30-28-26-24-22-20-18-16-14-12-10-8-6-4-2)56-41-40-54-50-53(38-39-55(54)51-56)37-36-52-42-47-57(48-43-52)44-35-49-62(59,60)61/h11-14,17-20,36-43,47-48,50-51H,3-10,15-16,21-35,44-46,49H2,1-2H3/b13-11-,14-12-,19-17-,20-18-. The Morgan fingerprint density at radius 2 is 0.952 bits per heavy atom. The summed E-state index contributed by atoms with van der Waals surface area (Å²) >= 11 is 0. The van der Waals surface area contributed by atoms with Crippen LogP contribution in [0, 0.1) is 0 Å². The van der Waals surface area contributed by atoms with E-state index in [-0.39, 0.29) is 5.75 Å². The number of pyridine rings is 1. The van der Waals surface area contributed by atoms with Crippen LogP contribution in [0.25, 0.3) is 22.9 Å². The first kappa shape index (κ1) is 52.6. The third-order valence-corrected chi connectivity index (χ3v) is 12.5. The van der Waals surface area contributed by atoms with Gasteiger partial charge in [0.1, 0.15) is 6.54 Å². The Labute approximate surface area is 380 Å². The van der Waals surface area contributed by atoms with Crippen LogP contribution in [0.5, 0.6) is 0 Å². The molecule has 0 unspecified atom stereocenters. The zero-order chi connectivity index (χ0) is 44.2. The Morgan fingerprint density at radius 3 is 1.47 bits per heavy atom. The quantitative estimate of drug-likeness (QED) is 0.0251. The van der Waals surface area contributed by atoms with Crippen LogP contribution in [-0.2, 0) is 16.7 Å². The SMILES string of the molecule is CCCCC/C=C\C/C=C\CCCCCCCCN(CCCCCCCC/C=C\C/C=C\CCCCC)c1ccc2cc(/C=C/c3cc[n+](CCCS(=O)(=O)[O-])cc3)ccc2c1. The normalized spacial score (nSPS) is 12.5. The number of unbranched alkanes of at least 4 members (excludes halogenated alkanes) is 18. The Bertz CT molecular complexity index is 1790. The lowest BCUT2D eigenvalue weighted by molar-refractivity contribution is -0.696. The summed E-state index contributed by atoms with van der Waals surface area (Å²) in [7, 11) is -4.17. The maximum atomic E-state index is 10.9. The second-order valence-corrected chi connectivity index (χ2v) is 18.8. The second-order valence-electron chi connectivity index (χ2n) is 17.3. The number of aryl methyl sites for hydroxylation is 1. The number of rotatable bonds is 37. The van der Waals surface area contributed by atoms with Crippen LogP contribution in [0.3, 0.4) is 0 Å². The van der Waals surface area contributed by atoms with Crippen LogP contribution >= 0.6 is 0 Å². The fraction of sp³-hybridized carbons (Fsp3) is 0.554. The van der Waals surface area contributed by atoms with Crippen molar-refractivity contribution in [2.75, 3.05) is 23.7 Å². The second kappa shape index (κ2) is 34.7. The van der Waals surface area contributed by atoms with Crippen LogP contribution in [0.15, 0.2) is 110 Å². The van der Waals surface area contributed by atoms with Gasteiger partial charge in [-0.25, -0.2) is 13.0 Å². The maximum Gasteiger partial charge on any atom is 0.169 e. The van der Waals surface area contributed by atoms with E-state index in [2.05, 4.69) is 116 Å². The van der Waals surface area contributed by atoms with E-state index in [1.165, 1.54) is 158 Å². The topological polar surface area (TPSA) is 64.3 Å². The molecule has 0 bridgehead atoms. The fourth-order valence-electron chi connectivity index (χ4n) is 7.85. The number of fused-ring (bicyclic) bond motifs is 1. The van der Waals surface area contributed by atoms with Gasteiger partial charge >= 0.3 is 0 Å². The molecule has 3 rings (SSSR count). The number of nitrogens with zero attached hydrogens (tertiary/aromatic N) is 2. The Morgan fingerprint density at radius 1 is 0.500 bits per heavy atom. The van der Waals surface area contributed by atoms with E-state index in [4.69, 9.17) is 0 Å². The predicted octanol–water partition coefficient (Wildman–Crippen LogP) is 15.7. The lowest BCUT2D eigenvalue weighted by Crippen LogP contribution is -2.33. The highest BCUT2D eigenvalue weighted by Gasteiger charge is 2.09. The lowest BCUT2D eigenvalue weighted by Gasteiger charge is -2.25. The van der Waals surface area contributed by atoms with Gasteiger partial charge in [0.15, 0.2) is 12.4 Å². The van der Waals surface area contributed by atoms with Gasteiger partial charge in [-0.1, -0.05) is 170 Å². The first-order chi connectivity index (χ1) is 30.4. The highest BCUT2D eigenvalue weighted by Crippen LogP contribution is 2.25. The first-order valence-electron chi connectivity index (χ1n) is 24.9. The summed E-state index contributed by atoms with van der Waals surface area (Å²) in [6.07, 6.45) is 57.9. The van der Waals surface area contributed by atoms with Gasteiger partial charge < -0.3 is 9.45 Å². The summed E-state index contributed by atoms with van der Waals surface area (Å²) in [5.41, 5.74) is 3.57. The van der Waals surface area contributed by atoms with Crippen LogP contribution in [0.1, 0.15) is 185 Å². The molecule has 3 aromatic rings. The van der Waals surface area contributed by atoms with Gasteiger partial charge in [0, 0.05) is 43.1 Å². The van der Waals surface area contributed by atoms with Gasteiger partial charge in [0.05, 0.1) is 10.1 Å². The van der Waals surface area contributed by atoms with E-state index in [1.807, 2.05) is 29.1 Å². The van der Waals surface area contributed by atoms with Crippen molar-refractivity contribution in [2.24, 2.45) is 0 Å². The molecular weight excluding hydrogens is 781 g/mol. The lowest BCUT2D eigenvalue weighted by atomic mass is 10.0. The molecule has 342 valence electrons. The summed E-state index contributed by atoms with van der Waals surface area (Å²) < 4.78 is 34.6. The molecule has 0 atom stereocenters. The number of benzene rings is 2. The van der Waals surface area contributed by atoms with E-state index in [0.29, 0.717) is 13.0 Å². The van der Waals surface area contributed by atoms with Crippen LogP contribution in [0.4, 0.5) is 5.69 Å². The number of allylic oxidation sites excluding steroid dienone is 8. The molecule has 0 fully saturated rings. The first-order valence-corrected chi connectivity index (χ1v) is 26.4. The molecule has 0 amide bonds. The average molecular weight is 865 g/mol. The molecule has 0 N–H and O–H groups in total. The van der Waals surface area contributed by atoms with Crippen LogP contribution < -0.4 is 9.47 Å². The molecule has 1 heterocycles. The molecule has 0 spiro atoms. The number of hydrogen-bond donors (Lipinski definition) is 0. The van der Waals surface area contributed by atoms with Gasteiger partial charge in [0.2, 0.25) is 0 Å². The van der Waals surface area contributed by atoms with Gasteiger partial charge in [-0.2, -0.15) is 0 Å². The molecule has 1 aromatic heterocycles. The summed E-state index contributed by atoms with van der Waals surface area (Å²) in [5.74, 6) is -0.337.